The van der Waals surface area contributed by atoms with Crippen LogP contribution < -0.4 is 9.64 Å². The highest BCUT2D eigenvalue weighted by molar-refractivity contribution is 6.01. The number of methoxy groups -OCH3 is 1. The Hall–Kier alpha value is -2.97. The van der Waals surface area contributed by atoms with Gasteiger partial charge in [-0.15, -0.1) is 5.10 Å². The molecule has 1 aromatic heterocycles. The summed E-state index contributed by atoms with van der Waals surface area (Å²) >= 11 is 0. The molecule has 1 amide bonds. The number of rotatable bonds is 6. The van der Waals surface area contributed by atoms with Crippen LogP contribution in [-0.4, -0.2) is 51.8 Å². The van der Waals surface area contributed by atoms with Gasteiger partial charge in [0.05, 0.1) is 19.2 Å². The monoisotopic (exact) mass is 331 g/mol. The number of hydrogen-bond acceptors (Lipinski definition) is 7. The Kier molecular flexibility index (Phi) is 4.69. The molecule has 9 nitrogen and oxygen atoms in total. The van der Waals surface area contributed by atoms with Crippen LogP contribution in [0.15, 0.2) is 30.6 Å². The van der Waals surface area contributed by atoms with E-state index in [1.165, 1.54) is 13.4 Å². The lowest BCUT2D eigenvalue weighted by atomic mass is 10.1. The van der Waals surface area contributed by atoms with Crippen LogP contribution in [-0.2, 0) is 20.9 Å². The van der Waals surface area contributed by atoms with E-state index < -0.39 is 12.1 Å². The number of carbonyl (C=O) groups is 2. The van der Waals surface area contributed by atoms with Gasteiger partial charge in [-0.1, -0.05) is 12.1 Å². The van der Waals surface area contributed by atoms with Gasteiger partial charge in [0.1, 0.15) is 12.1 Å². The normalized spacial score (nSPS) is 16.5. The fourth-order valence-electron chi connectivity index (χ4n) is 2.54. The molecule has 1 aliphatic heterocycles. The van der Waals surface area contributed by atoms with E-state index in [0.29, 0.717) is 30.9 Å². The summed E-state index contributed by atoms with van der Waals surface area (Å²) in [6, 6.07) is 7.26. The van der Waals surface area contributed by atoms with Gasteiger partial charge in [0.15, 0.2) is 6.10 Å². The molecular weight excluding hydrogens is 314 g/mol. The molecule has 0 saturated carbocycles. The maximum absolute atomic E-state index is 12.7. The molecule has 2 heterocycles. The number of carbonyl (C=O) groups excluding carboxylic acids is 2. The number of amides is 1. The summed E-state index contributed by atoms with van der Waals surface area (Å²) in [4.78, 5) is 25.8. The third-order valence-corrected chi connectivity index (χ3v) is 3.71. The number of benzene rings is 1. The molecule has 0 radical (unpaired) electrons. The average molecular weight is 331 g/mol. The molecule has 0 aliphatic carbocycles. The standard InChI is InChI=1S/C15H17N5O4/c1-23-14(21)9-13-15(22)20(8-4-7-19-10-16-17-18-19)11-5-2-3-6-12(11)24-13/h2-3,5-6,10,13H,4,7-9H2,1H3/t13-/m0/s1. The first-order valence-electron chi connectivity index (χ1n) is 7.53. The predicted molar refractivity (Wildman–Crippen MR) is 82.3 cm³/mol. The van der Waals surface area contributed by atoms with Gasteiger partial charge < -0.3 is 14.4 Å². The van der Waals surface area contributed by atoms with Gasteiger partial charge in [0.2, 0.25) is 0 Å². The molecule has 0 bridgehead atoms. The molecule has 0 N–H and O–H groups in total. The molecule has 1 aromatic carbocycles. The van der Waals surface area contributed by atoms with E-state index in [9.17, 15) is 9.59 Å². The molecule has 0 unspecified atom stereocenters. The van der Waals surface area contributed by atoms with Gasteiger partial charge in [-0.3, -0.25) is 9.59 Å². The highest BCUT2D eigenvalue weighted by Crippen LogP contribution is 2.34. The Morgan fingerprint density at radius 3 is 2.92 bits per heavy atom. The van der Waals surface area contributed by atoms with E-state index in [-0.39, 0.29) is 12.3 Å². The molecule has 126 valence electrons. The summed E-state index contributed by atoms with van der Waals surface area (Å²) in [6.07, 6.45) is 1.19. The smallest absolute Gasteiger partial charge is 0.309 e. The van der Waals surface area contributed by atoms with Gasteiger partial charge in [0.25, 0.3) is 5.91 Å². The number of hydrogen-bond donors (Lipinski definition) is 0. The first kappa shape index (κ1) is 15.9. The number of tetrazole rings is 1. The van der Waals surface area contributed by atoms with Crippen LogP contribution in [0, 0.1) is 0 Å². The molecule has 1 atom stereocenters. The molecule has 0 spiro atoms. The predicted octanol–water partition coefficient (Wildman–Crippen LogP) is 0.420. The van der Waals surface area contributed by atoms with Crippen molar-refractivity contribution in [1.82, 2.24) is 20.2 Å². The van der Waals surface area contributed by atoms with E-state index in [1.807, 2.05) is 18.2 Å². The van der Waals surface area contributed by atoms with Gasteiger partial charge >= 0.3 is 5.97 Å². The first-order chi connectivity index (χ1) is 11.7. The number of aryl methyl sites for hydroxylation is 1. The van der Waals surface area contributed by atoms with Crippen molar-refractivity contribution in [1.29, 1.82) is 0 Å². The highest BCUT2D eigenvalue weighted by Gasteiger charge is 2.35. The first-order valence-corrected chi connectivity index (χ1v) is 7.53. The Labute approximate surface area is 138 Å². The van der Waals surface area contributed by atoms with Gasteiger partial charge in [-0.25, -0.2) is 4.68 Å². The van der Waals surface area contributed by atoms with E-state index in [2.05, 4.69) is 20.3 Å². The minimum Gasteiger partial charge on any atom is -0.478 e. The number of anilines is 1. The van der Waals surface area contributed by atoms with Crippen LogP contribution in [0.25, 0.3) is 0 Å². The molecule has 2 aromatic rings. The number of esters is 1. The maximum Gasteiger partial charge on any atom is 0.309 e. The SMILES string of the molecule is COC(=O)C[C@@H]1Oc2ccccc2N(CCCn2cnnn2)C1=O. The summed E-state index contributed by atoms with van der Waals surface area (Å²) in [6.45, 7) is 1.05. The van der Waals surface area contributed by atoms with E-state index in [1.54, 1.807) is 15.6 Å². The summed E-state index contributed by atoms with van der Waals surface area (Å²) < 4.78 is 11.9. The Morgan fingerprint density at radius 1 is 1.33 bits per heavy atom. The summed E-state index contributed by atoms with van der Waals surface area (Å²) in [7, 11) is 1.29. The van der Waals surface area contributed by atoms with Gasteiger partial charge in [-0.05, 0) is 29.0 Å². The van der Waals surface area contributed by atoms with E-state index in [0.717, 1.165) is 0 Å². The largest absolute Gasteiger partial charge is 0.478 e. The van der Waals surface area contributed by atoms with Crippen molar-refractivity contribution < 1.29 is 19.1 Å². The second-order valence-corrected chi connectivity index (χ2v) is 5.27. The quantitative estimate of drug-likeness (QED) is 0.707. The summed E-state index contributed by atoms with van der Waals surface area (Å²) in [5.74, 6) is -0.161. The number of fused-ring (bicyclic) bond motifs is 1. The molecule has 0 fully saturated rings. The summed E-state index contributed by atoms with van der Waals surface area (Å²) in [5.41, 5.74) is 0.695. The molecule has 24 heavy (non-hydrogen) atoms. The zero-order valence-electron chi connectivity index (χ0n) is 13.2. The lowest BCUT2D eigenvalue weighted by molar-refractivity contribution is -0.145. The number of nitrogens with zero attached hydrogens (tertiary/aromatic N) is 5. The van der Waals surface area contributed by atoms with Crippen molar-refractivity contribution in [2.24, 2.45) is 0 Å². The zero-order valence-corrected chi connectivity index (χ0v) is 13.2. The van der Waals surface area contributed by atoms with Gasteiger partial charge in [0, 0.05) is 13.1 Å². The van der Waals surface area contributed by atoms with E-state index in [4.69, 9.17) is 4.74 Å². The second kappa shape index (κ2) is 7.07. The van der Waals surface area contributed by atoms with Crippen molar-refractivity contribution in [2.75, 3.05) is 18.6 Å². The highest BCUT2D eigenvalue weighted by atomic mass is 16.5. The summed E-state index contributed by atoms with van der Waals surface area (Å²) in [5, 5.41) is 10.9. The minimum absolute atomic E-state index is 0.118. The number of aromatic nitrogens is 4. The van der Waals surface area contributed by atoms with Crippen LogP contribution in [0.3, 0.4) is 0 Å². The third-order valence-electron chi connectivity index (χ3n) is 3.71. The van der Waals surface area contributed by atoms with Crippen LogP contribution in [0.2, 0.25) is 0 Å². The topological polar surface area (TPSA) is 99.4 Å². The van der Waals surface area contributed by atoms with Crippen LogP contribution in [0.4, 0.5) is 5.69 Å². The van der Waals surface area contributed by atoms with Gasteiger partial charge in [-0.2, -0.15) is 0 Å². The van der Waals surface area contributed by atoms with Crippen molar-refractivity contribution >= 4 is 17.6 Å². The minimum atomic E-state index is -0.875. The number of ether oxygens (including phenoxy) is 2. The van der Waals surface area contributed by atoms with Crippen molar-refractivity contribution in [3.05, 3.63) is 30.6 Å². The van der Waals surface area contributed by atoms with Crippen LogP contribution >= 0.6 is 0 Å². The molecule has 9 heteroatoms. The third kappa shape index (κ3) is 3.34. The van der Waals surface area contributed by atoms with E-state index >= 15 is 0 Å². The lowest BCUT2D eigenvalue weighted by Gasteiger charge is -2.34. The molecule has 1 aliphatic rings. The van der Waals surface area contributed by atoms with Crippen LogP contribution in [0.1, 0.15) is 12.8 Å². The molecule has 3 rings (SSSR count). The lowest BCUT2D eigenvalue weighted by Crippen LogP contribution is -2.47. The van der Waals surface area contributed by atoms with Crippen molar-refractivity contribution in [3.63, 3.8) is 0 Å². The van der Waals surface area contributed by atoms with Crippen molar-refractivity contribution in [3.8, 4) is 5.75 Å². The molecular formula is C15H17N5O4. The number of para-hydroxylation sites is 2. The van der Waals surface area contributed by atoms with Crippen molar-refractivity contribution in [2.45, 2.75) is 25.5 Å². The zero-order chi connectivity index (χ0) is 16.9. The Morgan fingerprint density at radius 2 is 2.17 bits per heavy atom. The fraction of sp³-hybridized carbons (Fsp3) is 0.400. The fourth-order valence-corrected chi connectivity index (χ4v) is 2.54. The van der Waals surface area contributed by atoms with Crippen LogP contribution in [0.5, 0.6) is 5.75 Å². The maximum atomic E-state index is 12.7. The second-order valence-electron chi connectivity index (χ2n) is 5.27. The Bertz CT molecular complexity index is 718. The molecule has 0 saturated heterocycles. The average Bonchev–Trinajstić information content (AvgIpc) is 3.11. The Balaban J connectivity index is 1.74.